The van der Waals surface area contributed by atoms with Crippen LogP contribution in [0, 0.1) is 12.7 Å². The predicted molar refractivity (Wildman–Crippen MR) is 122 cm³/mol. The molecule has 0 bridgehead atoms. The van der Waals surface area contributed by atoms with E-state index in [0.29, 0.717) is 49.0 Å². The van der Waals surface area contributed by atoms with Crippen LogP contribution in [0.4, 0.5) is 10.2 Å². The molecule has 1 unspecified atom stereocenters. The monoisotopic (exact) mass is 489 g/mol. The van der Waals surface area contributed by atoms with E-state index in [0.717, 1.165) is 0 Å². The summed E-state index contributed by atoms with van der Waals surface area (Å²) in [5.74, 6) is 1.13. The average Bonchev–Trinajstić information content (AvgIpc) is 3.39. The maximum atomic E-state index is 13.0. The molecule has 33 heavy (non-hydrogen) atoms. The molecule has 0 radical (unpaired) electrons. The highest BCUT2D eigenvalue weighted by Gasteiger charge is 2.21. The summed E-state index contributed by atoms with van der Waals surface area (Å²) in [5, 5.41) is 9.00. The number of nitrogen functional groups attached to an aromatic ring is 1. The van der Waals surface area contributed by atoms with Gasteiger partial charge < -0.3 is 19.6 Å². The Morgan fingerprint density at radius 2 is 2.03 bits per heavy atom. The predicted octanol–water partition coefficient (Wildman–Crippen LogP) is 4.71. The molecule has 0 aliphatic rings. The zero-order valence-electron chi connectivity index (χ0n) is 18.0. The summed E-state index contributed by atoms with van der Waals surface area (Å²) >= 11 is 2.48. The summed E-state index contributed by atoms with van der Waals surface area (Å²) in [7, 11) is 0. The molecule has 2 N–H and O–H groups in total. The molecule has 0 saturated heterocycles. The lowest BCUT2D eigenvalue weighted by atomic mass is 10.2. The molecule has 0 spiro atoms. The normalized spacial score (nSPS) is 12.1. The van der Waals surface area contributed by atoms with Crippen LogP contribution in [0.1, 0.15) is 46.9 Å². The van der Waals surface area contributed by atoms with E-state index < -0.39 is 12.1 Å². The number of thioether (sulfide) groups is 1. The molecule has 172 valence electrons. The van der Waals surface area contributed by atoms with E-state index in [-0.39, 0.29) is 18.3 Å². The SMILES string of the molecule is CCOC(=O)c1sc2nc(CSc3nnc(C(C)Oc4ccc(F)cc4)o3)nc(N)c2c1C. The van der Waals surface area contributed by atoms with E-state index in [2.05, 4.69) is 20.2 Å². The second-order valence-electron chi connectivity index (χ2n) is 6.89. The molecular weight excluding hydrogens is 469 g/mol. The number of anilines is 1. The van der Waals surface area contributed by atoms with Crippen molar-refractivity contribution in [3.63, 3.8) is 0 Å². The van der Waals surface area contributed by atoms with Gasteiger partial charge in [0.05, 0.1) is 17.7 Å². The van der Waals surface area contributed by atoms with Crippen molar-refractivity contribution in [2.45, 2.75) is 37.9 Å². The van der Waals surface area contributed by atoms with Crippen LogP contribution in [0.2, 0.25) is 0 Å². The van der Waals surface area contributed by atoms with Crippen molar-refractivity contribution in [3.8, 4) is 5.75 Å². The molecule has 12 heteroatoms. The third kappa shape index (κ3) is 5.06. The summed E-state index contributed by atoms with van der Waals surface area (Å²) in [5.41, 5.74) is 6.85. The molecule has 3 aromatic heterocycles. The maximum Gasteiger partial charge on any atom is 0.348 e. The fraction of sp³-hybridized carbons (Fsp3) is 0.286. The van der Waals surface area contributed by atoms with Gasteiger partial charge >= 0.3 is 5.97 Å². The topological polar surface area (TPSA) is 126 Å². The van der Waals surface area contributed by atoms with Crippen molar-refractivity contribution in [1.82, 2.24) is 20.2 Å². The van der Waals surface area contributed by atoms with Gasteiger partial charge in [-0.15, -0.1) is 21.5 Å². The number of benzene rings is 1. The number of carbonyl (C=O) groups is 1. The highest BCUT2D eigenvalue weighted by Crippen LogP contribution is 2.34. The average molecular weight is 490 g/mol. The molecule has 3 heterocycles. The quantitative estimate of drug-likeness (QED) is 0.274. The highest BCUT2D eigenvalue weighted by atomic mass is 32.2. The first kappa shape index (κ1) is 22.9. The number of ether oxygens (including phenoxy) is 2. The smallest absolute Gasteiger partial charge is 0.348 e. The first-order chi connectivity index (χ1) is 15.9. The lowest BCUT2D eigenvalue weighted by molar-refractivity contribution is 0.0531. The fourth-order valence-corrected chi connectivity index (χ4v) is 4.73. The summed E-state index contributed by atoms with van der Waals surface area (Å²) < 4.78 is 29.5. The minimum atomic E-state index is -0.518. The number of carbonyl (C=O) groups excluding carboxylic acids is 1. The second kappa shape index (κ2) is 9.71. The molecule has 0 amide bonds. The Balaban J connectivity index is 1.45. The number of rotatable bonds is 8. The van der Waals surface area contributed by atoms with E-state index in [4.69, 9.17) is 19.6 Å². The third-order valence-electron chi connectivity index (χ3n) is 4.55. The first-order valence-corrected chi connectivity index (χ1v) is 11.8. The van der Waals surface area contributed by atoms with Gasteiger partial charge in [-0.05, 0) is 50.6 Å². The number of nitrogens with zero attached hydrogens (tertiary/aromatic N) is 4. The zero-order valence-corrected chi connectivity index (χ0v) is 19.6. The van der Waals surface area contributed by atoms with Crippen molar-refractivity contribution in [1.29, 1.82) is 0 Å². The third-order valence-corrected chi connectivity index (χ3v) is 6.53. The summed E-state index contributed by atoms with van der Waals surface area (Å²) in [6.07, 6.45) is -0.518. The fourth-order valence-electron chi connectivity index (χ4n) is 3.01. The van der Waals surface area contributed by atoms with Gasteiger partial charge in [0, 0.05) is 0 Å². The van der Waals surface area contributed by atoms with Crippen LogP contribution >= 0.6 is 23.1 Å². The van der Waals surface area contributed by atoms with Crippen LogP contribution in [-0.4, -0.2) is 32.7 Å². The van der Waals surface area contributed by atoms with E-state index in [1.165, 1.54) is 47.4 Å². The second-order valence-corrected chi connectivity index (χ2v) is 8.82. The molecular formula is C21H20FN5O4S2. The molecule has 0 aliphatic heterocycles. The molecule has 1 atom stereocenters. The number of aryl methyl sites for hydroxylation is 1. The standard InChI is InChI=1S/C21H20FN5O4S2/c1-4-29-20(28)16-10(2)15-17(23)24-14(25-19(15)33-16)9-32-21-27-26-18(31-21)11(3)30-13-7-5-12(22)6-8-13/h5-8,11H,4,9H2,1-3H3,(H2,23,24,25). The highest BCUT2D eigenvalue weighted by molar-refractivity contribution is 7.98. The zero-order chi connectivity index (χ0) is 23.5. The number of fused-ring (bicyclic) bond motifs is 1. The van der Waals surface area contributed by atoms with E-state index in [9.17, 15) is 9.18 Å². The Morgan fingerprint density at radius 1 is 1.27 bits per heavy atom. The Hall–Kier alpha value is -3.25. The maximum absolute atomic E-state index is 13.0. The largest absolute Gasteiger partial charge is 0.481 e. The van der Waals surface area contributed by atoms with Gasteiger partial charge in [-0.1, -0.05) is 11.8 Å². The van der Waals surface area contributed by atoms with Gasteiger partial charge in [0.1, 0.15) is 32.9 Å². The molecule has 0 saturated carbocycles. The van der Waals surface area contributed by atoms with Crippen molar-refractivity contribution >= 4 is 45.1 Å². The van der Waals surface area contributed by atoms with Crippen LogP contribution in [-0.2, 0) is 10.5 Å². The summed E-state index contributed by atoms with van der Waals surface area (Å²) in [6.45, 7) is 5.59. The number of aromatic nitrogens is 4. The van der Waals surface area contributed by atoms with Gasteiger partial charge in [-0.3, -0.25) is 0 Å². The molecule has 4 aromatic rings. The Bertz CT molecular complexity index is 1290. The Labute approximate surface area is 196 Å². The summed E-state index contributed by atoms with van der Waals surface area (Å²) in [6, 6.07) is 5.67. The van der Waals surface area contributed by atoms with Crippen LogP contribution in [0.5, 0.6) is 5.75 Å². The van der Waals surface area contributed by atoms with Crippen LogP contribution < -0.4 is 10.5 Å². The van der Waals surface area contributed by atoms with E-state index >= 15 is 0 Å². The van der Waals surface area contributed by atoms with Gasteiger partial charge in [-0.25, -0.2) is 19.2 Å². The number of halogens is 1. The van der Waals surface area contributed by atoms with Gasteiger partial charge in [0.15, 0.2) is 6.10 Å². The van der Waals surface area contributed by atoms with Gasteiger partial charge in [0.25, 0.3) is 11.1 Å². The number of esters is 1. The molecule has 9 nitrogen and oxygen atoms in total. The summed E-state index contributed by atoms with van der Waals surface area (Å²) in [4.78, 5) is 22.1. The molecule has 0 aliphatic carbocycles. The molecule has 1 aromatic carbocycles. The number of hydrogen-bond acceptors (Lipinski definition) is 11. The lowest BCUT2D eigenvalue weighted by Gasteiger charge is -2.10. The molecule has 4 rings (SSSR count). The minimum Gasteiger partial charge on any atom is -0.481 e. The minimum absolute atomic E-state index is 0.283. The van der Waals surface area contributed by atoms with Crippen LogP contribution in [0.3, 0.4) is 0 Å². The lowest BCUT2D eigenvalue weighted by Crippen LogP contribution is -2.03. The van der Waals surface area contributed by atoms with Crippen molar-refractivity contribution in [3.05, 3.63) is 52.2 Å². The van der Waals surface area contributed by atoms with Gasteiger partial charge in [-0.2, -0.15) is 0 Å². The van der Waals surface area contributed by atoms with Crippen LogP contribution in [0.15, 0.2) is 33.9 Å². The first-order valence-electron chi connectivity index (χ1n) is 9.96. The molecule has 0 fully saturated rings. The Morgan fingerprint density at radius 3 is 2.76 bits per heavy atom. The van der Waals surface area contributed by atoms with E-state index in [1.807, 2.05) is 0 Å². The number of hydrogen-bond donors (Lipinski definition) is 1. The van der Waals surface area contributed by atoms with E-state index in [1.54, 1.807) is 20.8 Å². The van der Waals surface area contributed by atoms with Crippen LogP contribution in [0.25, 0.3) is 10.2 Å². The van der Waals surface area contributed by atoms with Crippen molar-refractivity contribution in [2.75, 3.05) is 12.3 Å². The van der Waals surface area contributed by atoms with Crippen molar-refractivity contribution in [2.24, 2.45) is 0 Å². The van der Waals surface area contributed by atoms with Crippen molar-refractivity contribution < 1.29 is 23.1 Å². The Kier molecular flexibility index (Phi) is 6.75. The van der Waals surface area contributed by atoms with Gasteiger partial charge in [0.2, 0.25) is 0 Å². The number of thiophene rings is 1. The number of nitrogens with two attached hydrogens (primary N) is 1.